The van der Waals surface area contributed by atoms with E-state index in [4.69, 9.17) is 9.47 Å². The number of ether oxygens (including phenoxy) is 2. The number of imide groups is 1. The topological polar surface area (TPSA) is 119 Å². The van der Waals surface area contributed by atoms with E-state index in [1.54, 1.807) is 6.92 Å². The first-order valence-electron chi connectivity index (χ1n) is 9.94. The Balaban J connectivity index is 2.17. The average Bonchev–Trinajstić information content (AvgIpc) is 2.99. The van der Waals surface area contributed by atoms with Crippen LogP contribution < -0.4 is 14.8 Å². The minimum Gasteiger partial charge on any atom is -0.493 e. The van der Waals surface area contributed by atoms with E-state index < -0.39 is 50.7 Å². The summed E-state index contributed by atoms with van der Waals surface area (Å²) in [4.78, 5) is 38.8. The fourth-order valence-electron chi connectivity index (χ4n) is 3.69. The number of anilines is 1. The molecule has 176 valence electrons. The second kappa shape index (κ2) is 9.18. The zero-order valence-corrected chi connectivity index (χ0v) is 19.3. The van der Waals surface area contributed by atoms with Crippen LogP contribution in [0, 0.1) is 5.82 Å². The Morgan fingerprint density at radius 3 is 2.36 bits per heavy atom. The Labute approximate surface area is 190 Å². The number of halogens is 1. The minimum absolute atomic E-state index is 0.0393. The lowest BCUT2D eigenvalue weighted by Gasteiger charge is -2.27. The number of methoxy groups -OCH3 is 1. The van der Waals surface area contributed by atoms with E-state index in [1.807, 2.05) is 0 Å². The highest BCUT2D eigenvalue weighted by Crippen LogP contribution is 2.39. The first kappa shape index (κ1) is 24.2. The van der Waals surface area contributed by atoms with E-state index in [0.29, 0.717) is 10.6 Å². The van der Waals surface area contributed by atoms with Gasteiger partial charge in [-0.05, 0) is 36.8 Å². The summed E-state index contributed by atoms with van der Waals surface area (Å²) in [5.41, 5.74) is -0.612. The number of carbonyl (C=O) groups excluding carboxylic acids is 3. The number of sulfone groups is 1. The van der Waals surface area contributed by atoms with Crippen molar-refractivity contribution in [3.8, 4) is 11.5 Å². The molecule has 0 aromatic heterocycles. The number of nitrogens with zero attached hydrogens (tertiary/aromatic N) is 1. The molecule has 0 bridgehead atoms. The van der Waals surface area contributed by atoms with E-state index in [2.05, 4.69) is 5.32 Å². The third kappa shape index (κ3) is 4.82. The average molecular weight is 478 g/mol. The van der Waals surface area contributed by atoms with Gasteiger partial charge >= 0.3 is 0 Å². The number of benzene rings is 2. The molecule has 2 aromatic rings. The van der Waals surface area contributed by atoms with Crippen LogP contribution in [0.2, 0.25) is 0 Å². The van der Waals surface area contributed by atoms with Gasteiger partial charge in [0.05, 0.1) is 42.3 Å². The molecule has 0 radical (unpaired) electrons. The summed E-state index contributed by atoms with van der Waals surface area (Å²) in [5.74, 6) is -3.33. The summed E-state index contributed by atoms with van der Waals surface area (Å²) in [5, 5.41) is 2.41. The molecule has 2 aromatic carbocycles. The maximum atomic E-state index is 14.6. The number of nitrogens with one attached hydrogen (secondary N) is 1. The van der Waals surface area contributed by atoms with Crippen molar-refractivity contribution in [2.45, 2.75) is 19.9 Å². The number of rotatable bonds is 8. The second-order valence-corrected chi connectivity index (χ2v) is 9.64. The summed E-state index contributed by atoms with van der Waals surface area (Å²) in [6.07, 6.45) is 0.967. The van der Waals surface area contributed by atoms with Gasteiger partial charge in [0.25, 0.3) is 11.8 Å². The number of hydrogen-bond donors (Lipinski definition) is 1. The fraction of sp³-hybridized carbons (Fsp3) is 0.318. The van der Waals surface area contributed by atoms with Gasteiger partial charge in [-0.1, -0.05) is 6.07 Å². The summed E-state index contributed by atoms with van der Waals surface area (Å²) in [6, 6.07) is 5.37. The molecule has 0 saturated carbocycles. The van der Waals surface area contributed by atoms with Crippen molar-refractivity contribution in [2.75, 3.05) is 31.0 Å². The van der Waals surface area contributed by atoms with E-state index >= 15 is 0 Å². The molecular formula is C22H23FN2O7S. The highest BCUT2D eigenvalue weighted by atomic mass is 32.2. The van der Waals surface area contributed by atoms with Crippen LogP contribution in [0.5, 0.6) is 11.5 Å². The van der Waals surface area contributed by atoms with Crippen molar-refractivity contribution in [1.29, 1.82) is 0 Å². The van der Waals surface area contributed by atoms with Crippen LogP contribution in [0.25, 0.3) is 0 Å². The third-order valence-corrected chi connectivity index (χ3v) is 5.90. The molecule has 1 aliphatic rings. The lowest BCUT2D eigenvalue weighted by molar-refractivity contribution is -0.114. The van der Waals surface area contributed by atoms with Crippen molar-refractivity contribution in [1.82, 2.24) is 4.90 Å². The maximum absolute atomic E-state index is 14.6. The Morgan fingerprint density at radius 2 is 1.79 bits per heavy atom. The molecule has 1 heterocycles. The van der Waals surface area contributed by atoms with Crippen molar-refractivity contribution in [3.63, 3.8) is 0 Å². The third-order valence-electron chi connectivity index (χ3n) is 4.98. The van der Waals surface area contributed by atoms with E-state index in [0.717, 1.165) is 12.3 Å². The van der Waals surface area contributed by atoms with Gasteiger partial charge in [0.15, 0.2) is 11.5 Å². The first-order valence-corrected chi connectivity index (χ1v) is 12.0. The van der Waals surface area contributed by atoms with E-state index in [1.165, 1.54) is 38.3 Å². The standard InChI is InChI=1S/C22H23FN2O7S/c1-5-32-18-10-13(6-9-17(18)31-3)16(11-33(4,29)30)25-21(27)19-14(23)7-8-15(24-12(2)26)20(19)22(25)28/h6-10,16H,5,11H2,1-4H3,(H,24,26). The van der Waals surface area contributed by atoms with Crippen LogP contribution in [0.4, 0.5) is 10.1 Å². The van der Waals surface area contributed by atoms with Gasteiger partial charge in [0, 0.05) is 13.2 Å². The fourth-order valence-corrected chi connectivity index (χ4v) is 4.61. The molecule has 1 N–H and O–H groups in total. The minimum atomic E-state index is -3.70. The monoisotopic (exact) mass is 478 g/mol. The second-order valence-electron chi connectivity index (χ2n) is 7.46. The largest absolute Gasteiger partial charge is 0.493 e. The lowest BCUT2D eigenvalue weighted by atomic mass is 10.1. The van der Waals surface area contributed by atoms with Crippen LogP contribution >= 0.6 is 0 Å². The molecule has 1 aliphatic heterocycles. The Kier molecular flexibility index (Phi) is 6.73. The SMILES string of the molecule is CCOc1cc(C(CS(C)(=O)=O)N2C(=O)c3c(F)ccc(NC(C)=O)c3C2=O)ccc1OC. The highest BCUT2D eigenvalue weighted by molar-refractivity contribution is 7.90. The zero-order valence-electron chi connectivity index (χ0n) is 18.5. The van der Waals surface area contributed by atoms with Crippen LogP contribution in [-0.2, 0) is 14.6 Å². The number of carbonyl (C=O) groups is 3. The molecule has 9 nitrogen and oxygen atoms in total. The molecule has 11 heteroatoms. The predicted octanol–water partition coefficient (Wildman–Crippen LogP) is 2.57. The molecule has 1 unspecified atom stereocenters. The van der Waals surface area contributed by atoms with Crippen LogP contribution in [0.15, 0.2) is 30.3 Å². The number of fused-ring (bicyclic) bond motifs is 1. The van der Waals surface area contributed by atoms with E-state index in [-0.39, 0.29) is 29.2 Å². The molecular weight excluding hydrogens is 455 g/mol. The van der Waals surface area contributed by atoms with Gasteiger partial charge < -0.3 is 14.8 Å². The van der Waals surface area contributed by atoms with Crippen molar-refractivity contribution >= 4 is 33.2 Å². The number of hydrogen-bond acceptors (Lipinski definition) is 7. The summed E-state index contributed by atoms with van der Waals surface area (Å²) in [6.45, 7) is 3.24. The van der Waals surface area contributed by atoms with E-state index in [9.17, 15) is 27.2 Å². The smallest absolute Gasteiger partial charge is 0.265 e. The zero-order chi connectivity index (χ0) is 24.5. The summed E-state index contributed by atoms with van der Waals surface area (Å²) >= 11 is 0. The van der Waals surface area contributed by atoms with Crippen molar-refractivity contribution in [2.24, 2.45) is 0 Å². The molecule has 0 fully saturated rings. The number of amides is 3. The quantitative estimate of drug-likeness (QED) is 0.579. The summed E-state index contributed by atoms with van der Waals surface area (Å²) < 4.78 is 49.9. The Hall–Kier alpha value is -3.47. The van der Waals surface area contributed by atoms with Gasteiger partial charge in [0.1, 0.15) is 15.7 Å². The van der Waals surface area contributed by atoms with Gasteiger partial charge in [-0.15, -0.1) is 0 Å². The molecule has 33 heavy (non-hydrogen) atoms. The van der Waals surface area contributed by atoms with Crippen molar-refractivity contribution < 1.29 is 36.7 Å². The predicted molar refractivity (Wildman–Crippen MR) is 118 cm³/mol. The van der Waals surface area contributed by atoms with Crippen molar-refractivity contribution in [3.05, 3.63) is 52.8 Å². The molecule has 0 spiro atoms. The highest BCUT2D eigenvalue weighted by Gasteiger charge is 2.45. The molecule has 0 aliphatic carbocycles. The van der Waals surface area contributed by atoms with Crippen LogP contribution in [0.3, 0.4) is 0 Å². The van der Waals surface area contributed by atoms with Gasteiger partial charge in [0.2, 0.25) is 5.91 Å². The molecule has 3 amide bonds. The van der Waals surface area contributed by atoms with Gasteiger partial charge in [-0.3, -0.25) is 19.3 Å². The molecule has 1 atom stereocenters. The lowest BCUT2D eigenvalue weighted by Crippen LogP contribution is -2.38. The Morgan fingerprint density at radius 1 is 1.12 bits per heavy atom. The summed E-state index contributed by atoms with van der Waals surface area (Å²) in [7, 11) is -2.27. The Bertz CT molecular complexity index is 1240. The maximum Gasteiger partial charge on any atom is 0.265 e. The van der Waals surface area contributed by atoms with Gasteiger partial charge in [-0.25, -0.2) is 12.8 Å². The normalized spacial score (nSPS) is 14.2. The molecule has 3 rings (SSSR count). The molecule has 0 saturated heterocycles. The van der Waals surface area contributed by atoms with Gasteiger partial charge in [-0.2, -0.15) is 0 Å². The van der Waals surface area contributed by atoms with Crippen LogP contribution in [-0.4, -0.2) is 56.8 Å². The first-order chi connectivity index (χ1) is 15.5. The van der Waals surface area contributed by atoms with Crippen LogP contribution in [0.1, 0.15) is 46.2 Å².